The monoisotopic (exact) mass is 271 g/mol. The van der Waals surface area contributed by atoms with Gasteiger partial charge in [-0.2, -0.15) is 0 Å². The van der Waals surface area contributed by atoms with Crippen molar-refractivity contribution in [3.05, 3.63) is 58.8 Å². The fourth-order valence-corrected chi connectivity index (χ4v) is 2.46. The summed E-state index contributed by atoms with van der Waals surface area (Å²) in [5.74, 6) is 0.988. The molecule has 0 radical (unpaired) electrons. The molecule has 0 atom stereocenters. The lowest BCUT2D eigenvalue weighted by Crippen LogP contribution is -2.02. The number of halogens is 1. The van der Waals surface area contributed by atoms with Crippen molar-refractivity contribution >= 4 is 22.5 Å². The highest BCUT2D eigenvalue weighted by Gasteiger charge is 2.07. The summed E-state index contributed by atoms with van der Waals surface area (Å²) in [6, 6.07) is 10.1. The van der Waals surface area contributed by atoms with E-state index in [2.05, 4.69) is 20.6 Å². The van der Waals surface area contributed by atoms with E-state index in [1.807, 2.05) is 44.3 Å². The lowest BCUT2D eigenvalue weighted by atomic mass is 10.1. The normalized spacial score (nSPS) is 11.1. The van der Waals surface area contributed by atoms with Crippen LogP contribution in [0, 0.1) is 13.8 Å². The third-order valence-electron chi connectivity index (χ3n) is 3.19. The predicted octanol–water partition coefficient (Wildman–Crippen LogP) is 3.75. The van der Waals surface area contributed by atoms with Crippen molar-refractivity contribution in [2.24, 2.45) is 0 Å². The average molecular weight is 272 g/mol. The van der Waals surface area contributed by atoms with Gasteiger partial charge in [0.05, 0.1) is 17.8 Å². The van der Waals surface area contributed by atoms with Crippen LogP contribution in [0.5, 0.6) is 0 Å². The third kappa shape index (κ3) is 2.34. The van der Waals surface area contributed by atoms with Gasteiger partial charge in [-0.1, -0.05) is 29.8 Å². The third-order valence-corrected chi connectivity index (χ3v) is 3.51. The molecule has 0 fully saturated rings. The van der Waals surface area contributed by atoms with Crippen LogP contribution >= 0.6 is 11.6 Å². The van der Waals surface area contributed by atoms with Gasteiger partial charge in [-0.25, -0.2) is 9.97 Å². The van der Waals surface area contributed by atoms with Crippen LogP contribution in [-0.4, -0.2) is 14.5 Å². The molecule has 2 aromatic heterocycles. The summed E-state index contributed by atoms with van der Waals surface area (Å²) in [5.41, 5.74) is 2.96. The number of hydrogen-bond acceptors (Lipinski definition) is 2. The van der Waals surface area contributed by atoms with Gasteiger partial charge in [0.15, 0.2) is 0 Å². The summed E-state index contributed by atoms with van der Waals surface area (Å²) >= 11 is 6.27. The molecule has 0 amide bonds. The van der Waals surface area contributed by atoms with Crippen LogP contribution in [0.3, 0.4) is 0 Å². The zero-order valence-electron chi connectivity index (χ0n) is 10.9. The van der Waals surface area contributed by atoms with E-state index >= 15 is 0 Å². The molecular weight excluding hydrogens is 258 g/mol. The van der Waals surface area contributed by atoms with E-state index < -0.39 is 0 Å². The first-order chi connectivity index (χ1) is 9.13. The molecule has 0 spiro atoms. The van der Waals surface area contributed by atoms with Crippen LogP contribution in [0.15, 0.2) is 36.5 Å². The van der Waals surface area contributed by atoms with Crippen LogP contribution in [0.1, 0.15) is 17.1 Å². The first kappa shape index (κ1) is 12.2. The summed E-state index contributed by atoms with van der Waals surface area (Å²) in [7, 11) is 0. The second-order valence-corrected chi connectivity index (χ2v) is 5.05. The number of rotatable bonds is 2. The van der Waals surface area contributed by atoms with Gasteiger partial charge in [-0.3, -0.25) is 0 Å². The highest BCUT2D eigenvalue weighted by Crippen LogP contribution is 2.21. The van der Waals surface area contributed by atoms with Crippen LogP contribution in [0.4, 0.5) is 0 Å². The number of pyridine rings is 1. The molecule has 0 N–H and O–H groups in total. The van der Waals surface area contributed by atoms with Gasteiger partial charge in [0, 0.05) is 17.1 Å². The smallest absolute Gasteiger partial charge is 0.134 e. The molecule has 4 heteroatoms. The van der Waals surface area contributed by atoms with Crippen LogP contribution in [-0.2, 0) is 6.54 Å². The molecule has 0 saturated carbocycles. The minimum absolute atomic E-state index is 0.560. The number of nitrogens with zero attached hydrogens (tertiary/aromatic N) is 3. The lowest BCUT2D eigenvalue weighted by Gasteiger charge is -2.08. The highest BCUT2D eigenvalue weighted by atomic mass is 35.5. The van der Waals surface area contributed by atoms with Crippen molar-refractivity contribution in [3.63, 3.8) is 0 Å². The molecular formula is C15H14ClN3. The predicted molar refractivity (Wildman–Crippen MR) is 77.6 cm³/mol. The molecule has 1 aromatic carbocycles. The van der Waals surface area contributed by atoms with Gasteiger partial charge < -0.3 is 4.57 Å². The average Bonchev–Trinajstić information content (AvgIpc) is 2.69. The van der Waals surface area contributed by atoms with Crippen molar-refractivity contribution in [3.8, 4) is 0 Å². The van der Waals surface area contributed by atoms with E-state index in [0.29, 0.717) is 11.7 Å². The van der Waals surface area contributed by atoms with Gasteiger partial charge in [0.25, 0.3) is 0 Å². The largest absolute Gasteiger partial charge is 0.330 e. The van der Waals surface area contributed by atoms with Crippen molar-refractivity contribution in [2.45, 2.75) is 20.4 Å². The quantitative estimate of drug-likeness (QED) is 0.665. The molecule has 19 heavy (non-hydrogen) atoms. The Labute approximate surface area is 116 Å². The topological polar surface area (TPSA) is 30.7 Å². The number of para-hydroxylation sites is 1. The molecule has 3 aromatic rings. The minimum atomic E-state index is 0.560. The van der Waals surface area contributed by atoms with Gasteiger partial charge in [0.1, 0.15) is 11.0 Å². The first-order valence-electron chi connectivity index (χ1n) is 6.18. The molecule has 3 rings (SSSR count). The number of fused-ring (bicyclic) bond motifs is 1. The zero-order chi connectivity index (χ0) is 13.4. The summed E-state index contributed by atoms with van der Waals surface area (Å²) in [6.45, 7) is 4.68. The Morgan fingerprint density at radius 2 is 1.95 bits per heavy atom. The maximum Gasteiger partial charge on any atom is 0.134 e. The molecule has 0 aliphatic heterocycles. The van der Waals surface area contributed by atoms with Crippen molar-refractivity contribution in [1.82, 2.24) is 14.5 Å². The molecule has 2 heterocycles. The molecule has 0 aliphatic rings. The molecule has 0 saturated heterocycles. The zero-order valence-corrected chi connectivity index (χ0v) is 11.6. The molecule has 0 aliphatic carbocycles. The van der Waals surface area contributed by atoms with Gasteiger partial charge in [-0.05, 0) is 26.0 Å². The van der Waals surface area contributed by atoms with E-state index in [-0.39, 0.29) is 0 Å². The maximum atomic E-state index is 6.27. The molecule has 0 bridgehead atoms. The van der Waals surface area contributed by atoms with E-state index in [1.54, 1.807) is 0 Å². The summed E-state index contributed by atoms with van der Waals surface area (Å²) in [6.07, 6.45) is 2.03. The Morgan fingerprint density at radius 3 is 2.68 bits per heavy atom. The lowest BCUT2D eigenvalue weighted by molar-refractivity contribution is 0.760. The number of hydrogen-bond donors (Lipinski definition) is 0. The number of aryl methyl sites for hydroxylation is 2. The van der Waals surface area contributed by atoms with E-state index in [9.17, 15) is 0 Å². The van der Waals surface area contributed by atoms with Crippen molar-refractivity contribution in [2.75, 3.05) is 0 Å². The molecule has 96 valence electrons. The van der Waals surface area contributed by atoms with Crippen LogP contribution < -0.4 is 0 Å². The summed E-state index contributed by atoms with van der Waals surface area (Å²) in [4.78, 5) is 8.84. The Kier molecular flexibility index (Phi) is 2.99. The Morgan fingerprint density at radius 1 is 1.16 bits per heavy atom. The van der Waals surface area contributed by atoms with E-state index in [4.69, 9.17) is 11.6 Å². The fourth-order valence-electron chi connectivity index (χ4n) is 2.26. The second-order valence-electron chi connectivity index (χ2n) is 4.69. The molecule has 0 unspecified atom stereocenters. The number of aromatic nitrogens is 3. The number of imidazole rings is 1. The fraction of sp³-hybridized carbons (Fsp3) is 0.200. The Balaban J connectivity index is 2.05. The summed E-state index contributed by atoms with van der Waals surface area (Å²) < 4.78 is 2.09. The Bertz CT molecular complexity index is 746. The highest BCUT2D eigenvalue weighted by molar-refractivity contribution is 6.30. The molecule has 3 nitrogen and oxygen atoms in total. The van der Waals surface area contributed by atoms with Gasteiger partial charge >= 0.3 is 0 Å². The van der Waals surface area contributed by atoms with Crippen molar-refractivity contribution < 1.29 is 0 Å². The Hall–Kier alpha value is -1.87. The summed E-state index contributed by atoms with van der Waals surface area (Å²) in [5, 5.41) is 1.67. The second kappa shape index (κ2) is 4.67. The maximum absolute atomic E-state index is 6.27. The van der Waals surface area contributed by atoms with Gasteiger partial charge in [0.2, 0.25) is 0 Å². The van der Waals surface area contributed by atoms with Crippen LogP contribution in [0.25, 0.3) is 10.9 Å². The number of benzene rings is 1. The first-order valence-corrected chi connectivity index (χ1v) is 6.56. The van der Waals surface area contributed by atoms with E-state index in [1.165, 1.54) is 0 Å². The van der Waals surface area contributed by atoms with Crippen molar-refractivity contribution in [1.29, 1.82) is 0 Å². The minimum Gasteiger partial charge on any atom is -0.330 e. The van der Waals surface area contributed by atoms with Gasteiger partial charge in [-0.15, -0.1) is 0 Å². The van der Waals surface area contributed by atoms with Crippen LogP contribution in [0.2, 0.25) is 5.15 Å². The SMILES string of the molecule is Cc1cn(Cc2cc3ccccc3nc2Cl)c(C)n1. The standard InChI is InChI=1S/C15H14ClN3/c1-10-8-19(11(2)17-10)9-13-7-12-5-3-4-6-14(12)18-15(13)16/h3-8H,9H2,1-2H3. The van der Waals surface area contributed by atoms with E-state index in [0.717, 1.165) is 28.0 Å².